The van der Waals surface area contributed by atoms with Gasteiger partial charge in [0.15, 0.2) is 0 Å². The van der Waals surface area contributed by atoms with E-state index < -0.39 is 10.8 Å². The molecule has 4 aliphatic rings. The smallest absolute Gasteiger partial charge is 0.369 e. The van der Waals surface area contributed by atoms with Gasteiger partial charge in [-0.15, -0.1) is 9.98 Å². The highest BCUT2D eigenvalue weighted by molar-refractivity contribution is 6.05. The highest BCUT2D eigenvalue weighted by Gasteiger charge is 2.50. The van der Waals surface area contributed by atoms with E-state index in [0.29, 0.717) is 69.7 Å². The van der Waals surface area contributed by atoms with Crippen molar-refractivity contribution < 1.29 is 29.3 Å². The Hall–Kier alpha value is -8.24. The Bertz CT molecular complexity index is 3110. The van der Waals surface area contributed by atoms with E-state index in [2.05, 4.69) is 40.1 Å². The number of carbonyl (C=O) groups excluding carboxylic acids is 2. The maximum atomic E-state index is 13.5. The Labute approximate surface area is 439 Å². The molecule has 6 heterocycles. The minimum absolute atomic E-state index is 0.00937. The summed E-state index contributed by atoms with van der Waals surface area (Å²) < 4.78 is 15.0. The van der Waals surface area contributed by atoms with Crippen molar-refractivity contribution in [2.45, 2.75) is 93.9 Å². The zero-order chi connectivity index (χ0) is 53.0. The van der Waals surface area contributed by atoms with Crippen LogP contribution in [0.2, 0.25) is 0 Å². The molecule has 2 aliphatic carbocycles. The number of rotatable bonds is 16. The molecule has 2 saturated carbocycles. The largest absolute Gasteiger partial charge is 0.578 e. The van der Waals surface area contributed by atoms with Crippen molar-refractivity contribution in [1.29, 1.82) is 10.8 Å². The van der Waals surface area contributed by atoms with Gasteiger partial charge >= 0.3 is 11.8 Å². The molecule has 2 aliphatic heterocycles. The number of amides is 2. The van der Waals surface area contributed by atoms with E-state index in [9.17, 15) is 15.0 Å². The first-order chi connectivity index (χ1) is 36.7. The quantitative estimate of drug-likeness (QED) is 0.0610. The number of anilines is 2. The third kappa shape index (κ3) is 10.9. The van der Waals surface area contributed by atoms with Crippen LogP contribution in [0.3, 0.4) is 0 Å². The van der Waals surface area contributed by atoms with Crippen molar-refractivity contribution in [2.75, 3.05) is 51.4 Å². The lowest BCUT2D eigenvalue weighted by atomic mass is 9.58. The minimum Gasteiger partial charge on any atom is -0.578 e. The summed E-state index contributed by atoms with van der Waals surface area (Å²) in [6, 6.07) is 16.0. The van der Waals surface area contributed by atoms with Crippen molar-refractivity contribution >= 4 is 47.2 Å². The number of nitrogens with one attached hydrogen (secondary N) is 2. The molecule has 22 heteroatoms. The summed E-state index contributed by atoms with van der Waals surface area (Å²) in [5, 5.41) is 44.8. The monoisotopic (exact) mass is 1030 g/mol. The lowest BCUT2D eigenvalue weighted by Gasteiger charge is -2.47. The Balaban J connectivity index is 0.723. The zero-order valence-corrected chi connectivity index (χ0v) is 42.4. The van der Waals surface area contributed by atoms with Crippen LogP contribution < -0.4 is 11.5 Å². The molecule has 6 aromatic rings. The number of likely N-dealkylation sites (tertiary alicyclic amines) is 1. The average Bonchev–Trinajstić information content (AvgIpc) is 4.10. The third-order valence-corrected chi connectivity index (χ3v) is 15.6. The van der Waals surface area contributed by atoms with Crippen molar-refractivity contribution in [3.63, 3.8) is 0 Å². The molecule has 0 atom stereocenters. The van der Waals surface area contributed by atoms with Gasteiger partial charge in [-0.05, 0) is 79.5 Å². The number of likely N-dealkylation sites (N-methyl/N-ethyl adjacent to an activating group) is 1. The van der Waals surface area contributed by atoms with Gasteiger partial charge in [-0.1, -0.05) is 55.0 Å². The normalized spacial score (nSPS) is 20.1. The fourth-order valence-corrected chi connectivity index (χ4v) is 10.8. The van der Waals surface area contributed by atoms with Crippen LogP contribution in [0.15, 0.2) is 108 Å². The van der Waals surface area contributed by atoms with Gasteiger partial charge in [-0.25, -0.2) is 19.9 Å². The first-order valence-electron chi connectivity index (χ1n) is 25.7. The summed E-state index contributed by atoms with van der Waals surface area (Å²) in [4.78, 5) is 55.6. The molecule has 10 N–H and O–H groups in total. The van der Waals surface area contributed by atoms with Gasteiger partial charge in [0.05, 0.1) is 29.3 Å². The number of hydrogen-bond donors (Lipinski definition) is 4. The van der Waals surface area contributed by atoms with Crippen LogP contribution in [0.5, 0.6) is 0 Å². The molecule has 4 fully saturated rings. The second-order valence-corrected chi connectivity index (χ2v) is 20.3. The number of aliphatic imine (C=N–C) groups is 2. The Morgan fingerprint density at radius 3 is 1.70 bits per heavy atom. The predicted molar refractivity (Wildman–Crippen MR) is 286 cm³/mol. The van der Waals surface area contributed by atoms with Crippen molar-refractivity contribution in [3.8, 4) is 22.3 Å². The summed E-state index contributed by atoms with van der Waals surface area (Å²) in [6.45, 7) is 2.83. The Morgan fingerprint density at radius 2 is 1.20 bits per heavy atom. The lowest BCUT2D eigenvalue weighted by molar-refractivity contribution is -0.135. The predicted octanol–water partition coefficient (Wildman–Crippen LogP) is 3.87. The van der Waals surface area contributed by atoms with Gasteiger partial charge in [0, 0.05) is 94.3 Å². The molecule has 76 heavy (non-hydrogen) atoms. The molecule has 0 unspecified atom stereocenters. The van der Waals surface area contributed by atoms with Crippen LogP contribution in [-0.2, 0) is 43.0 Å². The number of carbonyl (C=O) groups is 2. The molecule has 2 saturated heterocycles. The molecule has 0 bridgehead atoms. The number of nitrogen functional groups attached to an aromatic ring is 2. The van der Waals surface area contributed by atoms with E-state index in [4.69, 9.17) is 36.6 Å². The van der Waals surface area contributed by atoms with Crippen LogP contribution in [0.25, 0.3) is 22.3 Å². The number of aromatic nitrogens is 8. The van der Waals surface area contributed by atoms with Gasteiger partial charge < -0.3 is 41.0 Å². The molecule has 10 rings (SSSR count). The molecule has 2 aromatic carbocycles. The van der Waals surface area contributed by atoms with Crippen LogP contribution in [0, 0.1) is 16.7 Å². The van der Waals surface area contributed by atoms with Crippen molar-refractivity contribution in [3.05, 3.63) is 120 Å². The number of nitrogens with two attached hydrogens (primary N) is 2. The van der Waals surface area contributed by atoms with Gasteiger partial charge in [0.25, 0.3) is 0 Å². The molecule has 0 spiro atoms. The second-order valence-electron chi connectivity index (χ2n) is 20.3. The topological polar surface area (TPSA) is 317 Å². The minimum atomic E-state index is -0.770. The summed E-state index contributed by atoms with van der Waals surface area (Å²) in [5.74, 6) is 0.365. The number of nitrogens with zero attached hydrogens (tertiary/aromatic N) is 12. The van der Waals surface area contributed by atoms with Crippen LogP contribution >= 0.6 is 0 Å². The average molecular weight is 1030 g/mol. The molecule has 0 radical (unpaired) electrons. The molecular formula is C54H64N16O6+2. The Morgan fingerprint density at radius 1 is 0.711 bits per heavy atom. The zero-order valence-electron chi connectivity index (χ0n) is 42.4. The van der Waals surface area contributed by atoms with E-state index in [1.807, 2.05) is 53.4 Å². The van der Waals surface area contributed by atoms with Crippen LogP contribution in [0.1, 0.15) is 80.0 Å². The fraction of sp³-hybridized carbons (Fsp3) is 0.407. The van der Waals surface area contributed by atoms with E-state index in [0.717, 1.165) is 65.5 Å². The lowest BCUT2D eigenvalue weighted by Crippen LogP contribution is -2.49. The number of ether oxygens (including phenoxy) is 2. The first-order valence-corrected chi connectivity index (χ1v) is 25.7. The SMILES string of the molecule is CN(C(=O)Cn1cc(C([OH2+])=NC(=N)C2(c3ccc(-c4cnc(N)nc4)cc3)CC(COC3CCN(C(=O)Cn4cc(C([OH2+])=NC(=N)C5(c6ccc(-c7cnc(N)nc7)cc6)CCC5)cn4)CC3)C2)cn1)C1CCOCC1. The maximum absolute atomic E-state index is 13.5. The Kier molecular flexibility index (Phi) is 14.8. The standard InChI is InChI=1S/C54H62N16O6/c1-67(43-13-19-75-20-14-43)45(71)31-69-29-39(27-63-69)48(74)66-50(56)54(42-9-5-36(6-10-42)38-25-61-52(58)62-26-38)21-34(22-54)33-76-44-11-17-68(18-12-44)46(72)32-70-30-40(28-64-70)47(73)65-49(55)53(15-2-16-53)41-7-3-35(4-8-41)37-23-59-51(57)60-24-37/h3-10,23-30,34,43-44H,2,11-22,31-33H2,1H3,(H2,55,65,73)(H2,56,66,74)(H2,57,59,60)(H2,58,61,62)/p+2. The first kappa shape index (κ1) is 51.3. The molecule has 4 aromatic heterocycles. The van der Waals surface area contributed by atoms with Crippen LogP contribution in [0.4, 0.5) is 11.9 Å². The fourth-order valence-electron chi connectivity index (χ4n) is 10.8. The highest BCUT2D eigenvalue weighted by atomic mass is 16.5. The van der Waals surface area contributed by atoms with Crippen LogP contribution in [-0.4, -0.2) is 147 Å². The van der Waals surface area contributed by atoms with E-state index in [1.54, 1.807) is 49.1 Å². The number of piperidine rings is 1. The van der Waals surface area contributed by atoms with Gasteiger partial charge in [-0.2, -0.15) is 10.2 Å². The highest BCUT2D eigenvalue weighted by Crippen LogP contribution is 2.50. The number of amidine groups is 2. The van der Waals surface area contributed by atoms with E-state index in [-0.39, 0.29) is 78.3 Å². The second kappa shape index (κ2) is 21.9. The summed E-state index contributed by atoms with van der Waals surface area (Å²) >= 11 is 0. The summed E-state index contributed by atoms with van der Waals surface area (Å²) in [6.07, 6.45) is 19.5. The summed E-state index contributed by atoms with van der Waals surface area (Å²) in [7, 11) is 1.80. The van der Waals surface area contributed by atoms with E-state index >= 15 is 0 Å². The summed E-state index contributed by atoms with van der Waals surface area (Å²) in [5.41, 5.74) is 16.2. The van der Waals surface area contributed by atoms with Crippen molar-refractivity contribution in [2.24, 2.45) is 15.9 Å². The number of benzene rings is 2. The molecule has 22 nitrogen and oxygen atoms in total. The molecule has 394 valence electrons. The molecule has 2 amide bonds. The molecular weight excluding hydrogens is 969 g/mol. The van der Waals surface area contributed by atoms with Gasteiger partial charge in [-0.3, -0.25) is 29.8 Å². The maximum Gasteiger partial charge on any atom is 0.369 e. The van der Waals surface area contributed by atoms with Gasteiger partial charge in [0.2, 0.25) is 23.7 Å². The van der Waals surface area contributed by atoms with Gasteiger partial charge in [0.1, 0.15) is 35.9 Å². The van der Waals surface area contributed by atoms with Crippen molar-refractivity contribution in [1.82, 2.24) is 49.3 Å². The van der Waals surface area contributed by atoms with E-state index in [1.165, 1.54) is 21.8 Å². The number of hydrogen-bond acceptors (Lipinski definition) is 14. The third-order valence-electron chi connectivity index (χ3n) is 15.6.